The van der Waals surface area contributed by atoms with Gasteiger partial charge in [0.05, 0.1) is 4.47 Å². The molecule has 26 heavy (non-hydrogen) atoms. The summed E-state index contributed by atoms with van der Waals surface area (Å²) in [5.74, 6) is -0.646. The summed E-state index contributed by atoms with van der Waals surface area (Å²) in [7, 11) is 0. The van der Waals surface area contributed by atoms with Crippen LogP contribution in [0.4, 0.5) is 5.69 Å². The van der Waals surface area contributed by atoms with Gasteiger partial charge in [-0.15, -0.1) is 0 Å². The molecule has 7 heteroatoms. The molecule has 0 heterocycles. The number of rotatable bonds is 6. The molecule has 0 aromatic heterocycles. The van der Waals surface area contributed by atoms with Gasteiger partial charge in [-0.05, 0) is 64.3 Å². The van der Waals surface area contributed by atoms with E-state index in [1.807, 2.05) is 31.2 Å². The van der Waals surface area contributed by atoms with Crippen LogP contribution in [0.2, 0.25) is 0 Å². The van der Waals surface area contributed by atoms with Crippen LogP contribution in [0.15, 0.2) is 52.5 Å². The lowest BCUT2D eigenvalue weighted by Crippen LogP contribution is -2.20. The highest BCUT2D eigenvalue weighted by Crippen LogP contribution is 2.27. The zero-order chi connectivity index (χ0) is 19.1. The molecule has 3 N–H and O–H groups in total. The molecule has 132 valence electrons. The van der Waals surface area contributed by atoms with E-state index >= 15 is 0 Å². The molecule has 0 bridgehead atoms. The molecule has 2 rings (SSSR count). The molecule has 0 spiro atoms. The number of nitrogens with zero attached hydrogens (tertiary/aromatic N) is 1. The Balaban J connectivity index is 2.17. The van der Waals surface area contributed by atoms with Gasteiger partial charge in [-0.1, -0.05) is 18.2 Å². The lowest BCUT2D eigenvalue weighted by Gasteiger charge is -2.08. The number of amides is 2. The molecule has 0 aliphatic carbocycles. The van der Waals surface area contributed by atoms with E-state index in [1.54, 1.807) is 24.3 Å². The van der Waals surface area contributed by atoms with Crippen LogP contribution in [-0.2, 0) is 9.59 Å². The van der Waals surface area contributed by atoms with E-state index in [2.05, 4.69) is 21.2 Å². The van der Waals surface area contributed by atoms with Crippen LogP contribution in [-0.4, -0.2) is 18.4 Å². The Morgan fingerprint density at radius 3 is 2.69 bits per heavy atom. The Bertz CT molecular complexity index is 916. The van der Waals surface area contributed by atoms with Crippen LogP contribution < -0.4 is 15.8 Å². The van der Waals surface area contributed by atoms with E-state index in [-0.39, 0.29) is 12.2 Å². The fourth-order valence-electron chi connectivity index (χ4n) is 2.11. The predicted octanol–water partition coefficient (Wildman–Crippen LogP) is 3.17. The van der Waals surface area contributed by atoms with Crippen LogP contribution in [0, 0.1) is 18.3 Å². The van der Waals surface area contributed by atoms with Crippen LogP contribution in [0.1, 0.15) is 11.1 Å². The van der Waals surface area contributed by atoms with Crippen molar-refractivity contribution in [3.8, 4) is 11.8 Å². The number of nitrogens with two attached hydrogens (primary N) is 1. The summed E-state index contributed by atoms with van der Waals surface area (Å²) in [6.45, 7) is 1.67. The van der Waals surface area contributed by atoms with Crippen molar-refractivity contribution in [2.24, 2.45) is 5.73 Å². The van der Waals surface area contributed by atoms with Gasteiger partial charge in [0, 0.05) is 5.69 Å². The first-order valence-electron chi connectivity index (χ1n) is 7.59. The van der Waals surface area contributed by atoms with Crippen molar-refractivity contribution in [3.63, 3.8) is 0 Å². The van der Waals surface area contributed by atoms with E-state index in [0.717, 1.165) is 5.56 Å². The first-order valence-corrected chi connectivity index (χ1v) is 8.39. The summed E-state index contributed by atoms with van der Waals surface area (Å²) in [5, 5.41) is 12.0. The maximum Gasteiger partial charge on any atom is 0.266 e. The fourth-order valence-corrected chi connectivity index (χ4v) is 2.62. The average Bonchev–Trinajstić information content (AvgIpc) is 2.58. The average molecular weight is 414 g/mol. The number of anilines is 1. The molecule has 0 unspecified atom stereocenters. The van der Waals surface area contributed by atoms with Gasteiger partial charge >= 0.3 is 0 Å². The highest BCUT2D eigenvalue weighted by Gasteiger charge is 2.11. The number of carbonyl (C=O) groups is 2. The zero-order valence-electron chi connectivity index (χ0n) is 14.0. The number of carbonyl (C=O) groups excluding carboxylic acids is 2. The Labute approximate surface area is 159 Å². The van der Waals surface area contributed by atoms with E-state index in [4.69, 9.17) is 10.5 Å². The van der Waals surface area contributed by atoms with Gasteiger partial charge in [0.2, 0.25) is 0 Å². The lowest BCUT2D eigenvalue weighted by molar-refractivity contribution is -0.120. The van der Waals surface area contributed by atoms with Crippen LogP contribution in [0.5, 0.6) is 5.75 Å². The van der Waals surface area contributed by atoms with Gasteiger partial charge in [-0.2, -0.15) is 5.26 Å². The summed E-state index contributed by atoms with van der Waals surface area (Å²) in [5.41, 5.74) is 7.25. The molecule has 0 aliphatic rings. The number of primary amides is 1. The van der Waals surface area contributed by atoms with Gasteiger partial charge < -0.3 is 15.8 Å². The summed E-state index contributed by atoms with van der Waals surface area (Å²) in [4.78, 5) is 23.1. The number of benzene rings is 2. The summed E-state index contributed by atoms with van der Waals surface area (Å²) in [6.07, 6.45) is 1.47. The number of nitriles is 1. The van der Waals surface area contributed by atoms with Crippen molar-refractivity contribution in [1.29, 1.82) is 5.26 Å². The van der Waals surface area contributed by atoms with E-state index in [9.17, 15) is 14.9 Å². The minimum Gasteiger partial charge on any atom is -0.483 e. The second-order valence-corrected chi connectivity index (χ2v) is 6.29. The van der Waals surface area contributed by atoms with Crippen LogP contribution in [0.25, 0.3) is 6.08 Å². The van der Waals surface area contributed by atoms with Crippen LogP contribution >= 0.6 is 15.9 Å². The van der Waals surface area contributed by atoms with E-state index in [0.29, 0.717) is 21.5 Å². The third-order valence-corrected chi connectivity index (χ3v) is 3.90. The third-order valence-electron chi connectivity index (χ3n) is 3.28. The largest absolute Gasteiger partial charge is 0.483 e. The van der Waals surface area contributed by atoms with Gasteiger partial charge in [0.25, 0.3) is 11.8 Å². The Morgan fingerprint density at radius 1 is 1.31 bits per heavy atom. The van der Waals surface area contributed by atoms with Crippen molar-refractivity contribution in [2.45, 2.75) is 6.92 Å². The number of aryl methyl sites for hydroxylation is 1. The summed E-state index contributed by atoms with van der Waals surface area (Å²) < 4.78 is 5.81. The summed E-state index contributed by atoms with van der Waals surface area (Å²) in [6, 6.07) is 14.2. The second-order valence-electron chi connectivity index (χ2n) is 5.44. The molecule has 0 fully saturated rings. The second kappa shape index (κ2) is 8.83. The molecule has 0 atom stereocenters. The first kappa shape index (κ1) is 19.2. The Morgan fingerprint density at radius 2 is 2.08 bits per heavy atom. The normalized spacial score (nSPS) is 10.7. The molecular weight excluding hydrogens is 398 g/mol. The monoisotopic (exact) mass is 413 g/mol. The molecule has 2 amide bonds. The first-order chi connectivity index (χ1) is 12.4. The predicted molar refractivity (Wildman–Crippen MR) is 102 cm³/mol. The third kappa shape index (κ3) is 5.46. The molecule has 2 aromatic rings. The quantitative estimate of drug-likeness (QED) is 0.560. The standard InChI is InChI=1S/C19H16BrN3O3/c1-12-3-2-4-15(7-12)23-19(25)14(10-21)8-13-5-6-17(16(20)9-13)26-11-18(22)24/h2-9H,11H2,1H3,(H2,22,24)(H,23,25)/b14-8+. The molecule has 0 saturated carbocycles. The lowest BCUT2D eigenvalue weighted by atomic mass is 10.1. The van der Waals surface area contributed by atoms with Crippen molar-refractivity contribution in [1.82, 2.24) is 0 Å². The van der Waals surface area contributed by atoms with Gasteiger partial charge in [0.1, 0.15) is 17.4 Å². The highest BCUT2D eigenvalue weighted by atomic mass is 79.9. The maximum atomic E-state index is 12.3. The van der Waals surface area contributed by atoms with Gasteiger partial charge in [-0.25, -0.2) is 0 Å². The van der Waals surface area contributed by atoms with Gasteiger partial charge in [-0.3, -0.25) is 9.59 Å². The molecule has 0 radical (unpaired) electrons. The zero-order valence-corrected chi connectivity index (χ0v) is 15.5. The number of halogens is 1. The minimum atomic E-state index is -0.583. The van der Waals surface area contributed by atoms with Gasteiger partial charge in [0.15, 0.2) is 6.61 Å². The molecule has 2 aromatic carbocycles. The van der Waals surface area contributed by atoms with Crippen molar-refractivity contribution < 1.29 is 14.3 Å². The maximum absolute atomic E-state index is 12.3. The molecule has 6 nitrogen and oxygen atoms in total. The summed E-state index contributed by atoms with van der Waals surface area (Å²) >= 11 is 3.32. The van der Waals surface area contributed by atoms with Crippen molar-refractivity contribution >= 4 is 39.5 Å². The highest BCUT2D eigenvalue weighted by molar-refractivity contribution is 9.10. The van der Waals surface area contributed by atoms with E-state index < -0.39 is 11.8 Å². The molecular formula is C19H16BrN3O3. The van der Waals surface area contributed by atoms with Crippen molar-refractivity contribution in [3.05, 3.63) is 63.6 Å². The van der Waals surface area contributed by atoms with E-state index in [1.165, 1.54) is 6.08 Å². The smallest absolute Gasteiger partial charge is 0.266 e. The molecule has 0 saturated heterocycles. The SMILES string of the molecule is Cc1cccc(NC(=O)/C(C#N)=C/c2ccc(OCC(N)=O)c(Br)c2)c1. The number of nitrogens with one attached hydrogen (secondary N) is 1. The Kier molecular flexibility index (Phi) is 6.53. The molecule has 0 aliphatic heterocycles. The topological polar surface area (TPSA) is 105 Å². The van der Waals surface area contributed by atoms with Crippen LogP contribution in [0.3, 0.4) is 0 Å². The van der Waals surface area contributed by atoms with Crippen molar-refractivity contribution in [2.75, 3.05) is 11.9 Å². The number of ether oxygens (including phenoxy) is 1. The Hall–Kier alpha value is -3.11. The number of hydrogen-bond acceptors (Lipinski definition) is 4. The minimum absolute atomic E-state index is 0.0378. The number of hydrogen-bond donors (Lipinski definition) is 2. The fraction of sp³-hybridized carbons (Fsp3) is 0.105.